The number of hydrogen-bond donors (Lipinski definition) is 3. The zero-order valence-corrected chi connectivity index (χ0v) is 8.05. The van der Waals surface area contributed by atoms with Crippen LogP contribution in [0.4, 0.5) is 0 Å². The molecule has 0 fully saturated rings. The number of thiol groups is 1. The predicted octanol–water partition coefficient (Wildman–Crippen LogP) is -1.39. The van der Waals surface area contributed by atoms with Crippen molar-refractivity contribution >= 4 is 24.3 Å². The summed E-state index contributed by atoms with van der Waals surface area (Å²) in [6, 6.07) is 0. The van der Waals surface area contributed by atoms with Gasteiger partial charge in [-0.15, -0.1) is 0 Å². The average molecular weight is 207 g/mol. The van der Waals surface area contributed by atoms with Crippen molar-refractivity contribution in [3.8, 4) is 0 Å². The van der Waals surface area contributed by atoms with Crippen LogP contribution in [0.15, 0.2) is 0 Å². The fourth-order valence-electron chi connectivity index (χ4n) is 0.574. The Balaban J connectivity index is 3.32. The third-order valence-electron chi connectivity index (χ3n) is 1.16. The molecule has 0 spiro atoms. The number of ketones is 1. The Morgan fingerprint density at radius 2 is 2.08 bits per heavy atom. The van der Waals surface area contributed by atoms with Crippen LogP contribution in [0.3, 0.4) is 0 Å². The van der Waals surface area contributed by atoms with Crippen molar-refractivity contribution in [2.24, 2.45) is 0 Å². The molecular weight excluding hydrogens is 194 g/mol. The number of rotatable bonds is 7. The van der Waals surface area contributed by atoms with E-state index in [9.17, 15) is 9.59 Å². The summed E-state index contributed by atoms with van der Waals surface area (Å²) in [5, 5.41) is 10.7. The highest BCUT2D eigenvalue weighted by Gasteiger charge is 2.09. The number of aliphatic hydroxyl groups excluding tert-OH is 1. The first-order valence-corrected chi connectivity index (χ1v) is 4.46. The maximum Gasteiger partial charge on any atom is 0.288 e. The Morgan fingerprint density at radius 3 is 2.62 bits per heavy atom. The first-order chi connectivity index (χ1) is 6.22. The predicted molar refractivity (Wildman–Crippen MR) is 49.8 cm³/mol. The molecule has 0 radical (unpaired) electrons. The van der Waals surface area contributed by atoms with Crippen LogP contribution in [0.25, 0.3) is 0 Å². The van der Waals surface area contributed by atoms with Crippen molar-refractivity contribution in [1.82, 2.24) is 5.32 Å². The first kappa shape index (κ1) is 12.4. The minimum atomic E-state index is -0.650. The topological polar surface area (TPSA) is 75.6 Å². The lowest BCUT2D eigenvalue weighted by atomic mass is 10.4. The van der Waals surface area contributed by atoms with E-state index in [1.165, 1.54) is 0 Å². The molecule has 0 aliphatic heterocycles. The van der Waals surface area contributed by atoms with E-state index in [-0.39, 0.29) is 32.1 Å². The maximum atomic E-state index is 10.8. The van der Waals surface area contributed by atoms with Crippen LogP contribution >= 0.6 is 12.6 Å². The summed E-state index contributed by atoms with van der Waals surface area (Å²) in [6.45, 7) is 0.727. The molecule has 0 heterocycles. The van der Waals surface area contributed by atoms with Gasteiger partial charge in [-0.25, -0.2) is 0 Å². The van der Waals surface area contributed by atoms with E-state index in [1.54, 1.807) is 0 Å². The Hall–Kier alpha value is -0.590. The van der Waals surface area contributed by atoms with Gasteiger partial charge >= 0.3 is 0 Å². The third-order valence-corrected chi connectivity index (χ3v) is 1.45. The van der Waals surface area contributed by atoms with Gasteiger partial charge in [0.25, 0.3) is 5.91 Å². The van der Waals surface area contributed by atoms with Crippen LogP contribution < -0.4 is 5.32 Å². The molecule has 0 aliphatic carbocycles. The van der Waals surface area contributed by atoms with Gasteiger partial charge in [-0.3, -0.25) is 9.59 Å². The minimum Gasteiger partial charge on any atom is -0.394 e. The van der Waals surface area contributed by atoms with Gasteiger partial charge in [0.1, 0.15) is 0 Å². The highest BCUT2D eigenvalue weighted by Crippen LogP contribution is 1.78. The van der Waals surface area contributed by atoms with Gasteiger partial charge in [0.15, 0.2) is 0 Å². The van der Waals surface area contributed by atoms with Crippen LogP contribution in [0.2, 0.25) is 0 Å². The lowest BCUT2D eigenvalue weighted by Crippen LogP contribution is -2.34. The molecule has 0 bridgehead atoms. The smallest absolute Gasteiger partial charge is 0.288 e. The SMILES string of the molecule is O=C(CS)C(=O)NCCOCCO. The fourth-order valence-corrected chi connectivity index (χ4v) is 0.717. The second-order valence-electron chi connectivity index (χ2n) is 2.17. The number of nitrogens with one attached hydrogen (secondary N) is 1. The summed E-state index contributed by atoms with van der Waals surface area (Å²) in [7, 11) is 0. The average Bonchev–Trinajstić information content (AvgIpc) is 2.16. The largest absolute Gasteiger partial charge is 0.394 e. The van der Waals surface area contributed by atoms with E-state index < -0.39 is 11.7 Å². The molecule has 0 unspecified atom stereocenters. The van der Waals surface area contributed by atoms with E-state index in [1.807, 2.05) is 0 Å². The number of hydrogen-bond acceptors (Lipinski definition) is 5. The Labute approximate surface area is 81.9 Å². The molecule has 0 aliphatic rings. The van der Waals surface area contributed by atoms with Crippen molar-refractivity contribution < 1.29 is 19.4 Å². The summed E-state index contributed by atoms with van der Waals surface area (Å²) in [4.78, 5) is 21.5. The summed E-state index contributed by atoms with van der Waals surface area (Å²) in [6.07, 6.45) is 0. The molecule has 0 aromatic carbocycles. The van der Waals surface area contributed by atoms with Crippen LogP contribution in [0.5, 0.6) is 0 Å². The van der Waals surface area contributed by atoms with E-state index in [2.05, 4.69) is 17.9 Å². The number of aliphatic hydroxyl groups is 1. The lowest BCUT2D eigenvalue weighted by molar-refractivity contribution is -0.136. The summed E-state index contributed by atoms with van der Waals surface area (Å²) < 4.78 is 4.85. The molecule has 0 aromatic rings. The van der Waals surface area contributed by atoms with Gasteiger partial charge in [-0.05, 0) is 0 Å². The van der Waals surface area contributed by atoms with Crippen LogP contribution in [-0.2, 0) is 14.3 Å². The van der Waals surface area contributed by atoms with E-state index >= 15 is 0 Å². The monoisotopic (exact) mass is 207 g/mol. The number of carbonyl (C=O) groups excluding carboxylic acids is 2. The molecule has 0 saturated carbocycles. The third kappa shape index (κ3) is 6.56. The van der Waals surface area contributed by atoms with Gasteiger partial charge in [0.05, 0.1) is 25.6 Å². The Kier molecular flexibility index (Phi) is 7.66. The second kappa shape index (κ2) is 8.03. The molecule has 0 atom stereocenters. The zero-order valence-electron chi connectivity index (χ0n) is 7.15. The van der Waals surface area contributed by atoms with Gasteiger partial charge < -0.3 is 15.2 Å². The van der Waals surface area contributed by atoms with E-state index in [4.69, 9.17) is 9.84 Å². The maximum absolute atomic E-state index is 10.8. The standard InChI is InChI=1S/C7H13NO4S/c9-2-4-12-3-1-8-7(11)6(10)5-13/h9,13H,1-5H2,(H,8,11). The number of Topliss-reactive ketones (excluding diaryl/α,β-unsaturated/α-hetero) is 1. The van der Waals surface area contributed by atoms with Gasteiger partial charge in [0, 0.05) is 6.54 Å². The fraction of sp³-hybridized carbons (Fsp3) is 0.714. The molecule has 0 rings (SSSR count). The van der Waals surface area contributed by atoms with Crippen molar-refractivity contribution in [3.05, 3.63) is 0 Å². The Bertz CT molecular complexity index is 174. The van der Waals surface area contributed by atoms with Crippen molar-refractivity contribution in [2.45, 2.75) is 0 Å². The molecule has 2 N–H and O–H groups in total. The van der Waals surface area contributed by atoms with Crippen LogP contribution in [-0.4, -0.2) is 48.9 Å². The summed E-state index contributed by atoms with van der Waals surface area (Å²) >= 11 is 3.66. The molecule has 1 amide bonds. The first-order valence-electron chi connectivity index (χ1n) is 3.83. The van der Waals surface area contributed by atoms with Crippen molar-refractivity contribution in [3.63, 3.8) is 0 Å². The lowest BCUT2D eigenvalue weighted by Gasteiger charge is -2.03. The van der Waals surface area contributed by atoms with Gasteiger partial charge in [-0.1, -0.05) is 0 Å². The molecule has 76 valence electrons. The van der Waals surface area contributed by atoms with Gasteiger partial charge in [-0.2, -0.15) is 12.6 Å². The molecule has 6 heteroatoms. The van der Waals surface area contributed by atoms with Crippen molar-refractivity contribution in [2.75, 3.05) is 32.1 Å². The minimum absolute atomic E-state index is 0.0521. The van der Waals surface area contributed by atoms with Crippen molar-refractivity contribution in [1.29, 1.82) is 0 Å². The quantitative estimate of drug-likeness (QED) is 0.273. The van der Waals surface area contributed by atoms with E-state index in [0.717, 1.165) is 0 Å². The second-order valence-corrected chi connectivity index (χ2v) is 2.49. The number of amides is 1. The molecule has 5 nitrogen and oxygen atoms in total. The van der Waals surface area contributed by atoms with E-state index in [0.29, 0.717) is 0 Å². The molecule has 13 heavy (non-hydrogen) atoms. The Morgan fingerprint density at radius 1 is 1.38 bits per heavy atom. The normalized spacial score (nSPS) is 9.69. The molecular formula is C7H13NO4S. The summed E-state index contributed by atoms with van der Waals surface area (Å²) in [5.74, 6) is -1.31. The van der Waals surface area contributed by atoms with Crippen LogP contribution in [0, 0.1) is 0 Å². The number of ether oxygens (including phenoxy) is 1. The van der Waals surface area contributed by atoms with Crippen LogP contribution in [0.1, 0.15) is 0 Å². The zero-order chi connectivity index (χ0) is 10.1. The molecule has 0 aromatic heterocycles. The number of carbonyl (C=O) groups is 2. The highest BCUT2D eigenvalue weighted by molar-refractivity contribution is 7.81. The van der Waals surface area contributed by atoms with Gasteiger partial charge in [0.2, 0.25) is 5.78 Å². The summed E-state index contributed by atoms with van der Waals surface area (Å²) in [5.41, 5.74) is 0. The highest BCUT2D eigenvalue weighted by atomic mass is 32.1. The molecule has 0 saturated heterocycles.